The SMILES string of the molecule is CCC(CC)c1cc(CNC(=NC)NCCc2ccc(OC)c(OC(F)F)c2)on1.I. The van der Waals surface area contributed by atoms with E-state index in [2.05, 4.69) is 39.4 Å². The number of nitrogens with one attached hydrogen (secondary N) is 2. The molecule has 0 saturated heterocycles. The molecule has 2 rings (SSSR count). The quantitative estimate of drug-likeness (QED) is 0.239. The summed E-state index contributed by atoms with van der Waals surface area (Å²) in [4.78, 5) is 4.18. The molecule has 0 saturated carbocycles. The number of ether oxygens (including phenoxy) is 2. The van der Waals surface area contributed by atoms with Crippen LogP contribution in [0.1, 0.15) is 49.6 Å². The summed E-state index contributed by atoms with van der Waals surface area (Å²) < 4.78 is 40.1. The van der Waals surface area contributed by atoms with Gasteiger partial charge in [0.2, 0.25) is 0 Å². The van der Waals surface area contributed by atoms with Gasteiger partial charge in [0.25, 0.3) is 0 Å². The summed E-state index contributed by atoms with van der Waals surface area (Å²) >= 11 is 0. The van der Waals surface area contributed by atoms with Gasteiger partial charge in [-0.05, 0) is 37.0 Å². The Balaban J connectivity index is 0.00000480. The van der Waals surface area contributed by atoms with Crippen molar-refractivity contribution in [2.45, 2.75) is 52.2 Å². The van der Waals surface area contributed by atoms with Crippen LogP contribution in [0.4, 0.5) is 8.78 Å². The molecule has 1 aromatic heterocycles. The second-order valence-corrected chi connectivity index (χ2v) is 6.70. The monoisotopic (exact) mass is 552 g/mol. The number of halogens is 3. The van der Waals surface area contributed by atoms with Crippen LogP contribution in [0.5, 0.6) is 11.5 Å². The van der Waals surface area contributed by atoms with E-state index in [1.165, 1.54) is 7.11 Å². The van der Waals surface area contributed by atoms with Crippen LogP contribution >= 0.6 is 24.0 Å². The normalized spacial score (nSPS) is 11.4. The van der Waals surface area contributed by atoms with Gasteiger partial charge >= 0.3 is 6.61 Å². The van der Waals surface area contributed by atoms with E-state index >= 15 is 0 Å². The maximum atomic E-state index is 12.6. The van der Waals surface area contributed by atoms with E-state index in [1.807, 2.05) is 12.1 Å². The van der Waals surface area contributed by atoms with Crippen LogP contribution in [-0.2, 0) is 13.0 Å². The van der Waals surface area contributed by atoms with Gasteiger partial charge in [0.05, 0.1) is 19.3 Å². The summed E-state index contributed by atoms with van der Waals surface area (Å²) in [5.41, 5.74) is 1.81. The maximum absolute atomic E-state index is 12.6. The van der Waals surface area contributed by atoms with Crippen LogP contribution in [0.2, 0.25) is 0 Å². The van der Waals surface area contributed by atoms with E-state index in [0.717, 1.165) is 29.9 Å². The predicted octanol–water partition coefficient (Wildman–Crippen LogP) is 4.71. The topological polar surface area (TPSA) is 80.9 Å². The summed E-state index contributed by atoms with van der Waals surface area (Å²) in [6.07, 6.45) is 2.63. The van der Waals surface area contributed by atoms with E-state index in [4.69, 9.17) is 9.26 Å². The lowest BCUT2D eigenvalue weighted by atomic mass is 9.99. The molecule has 7 nitrogen and oxygen atoms in total. The van der Waals surface area contributed by atoms with Crippen molar-refractivity contribution in [2.24, 2.45) is 4.99 Å². The minimum absolute atomic E-state index is 0. The second kappa shape index (κ2) is 14.0. The Morgan fingerprint density at radius 2 is 1.90 bits per heavy atom. The predicted molar refractivity (Wildman–Crippen MR) is 127 cm³/mol. The Morgan fingerprint density at radius 3 is 2.52 bits per heavy atom. The molecule has 0 fully saturated rings. The van der Waals surface area contributed by atoms with Crippen molar-refractivity contribution >= 4 is 29.9 Å². The number of hydrogen-bond acceptors (Lipinski definition) is 5. The molecule has 2 aromatic rings. The minimum atomic E-state index is -2.91. The number of benzene rings is 1. The Kier molecular flexibility index (Phi) is 12.2. The Bertz CT molecular complexity index is 814. The summed E-state index contributed by atoms with van der Waals surface area (Å²) in [6, 6.07) is 6.95. The maximum Gasteiger partial charge on any atom is 0.387 e. The van der Waals surface area contributed by atoms with Crippen molar-refractivity contribution in [1.29, 1.82) is 0 Å². The number of hydrogen-bond donors (Lipinski definition) is 2. The molecule has 0 radical (unpaired) electrons. The molecule has 0 unspecified atom stereocenters. The molecular weight excluding hydrogens is 521 g/mol. The number of methoxy groups -OCH3 is 1. The number of rotatable bonds is 11. The third kappa shape index (κ3) is 8.50. The lowest BCUT2D eigenvalue weighted by Gasteiger charge is -2.13. The fourth-order valence-electron chi connectivity index (χ4n) is 3.09. The molecule has 1 heterocycles. The van der Waals surface area contributed by atoms with Gasteiger partial charge < -0.3 is 24.6 Å². The highest BCUT2D eigenvalue weighted by Gasteiger charge is 2.13. The third-order valence-electron chi connectivity index (χ3n) is 4.78. The molecule has 0 amide bonds. The van der Waals surface area contributed by atoms with Gasteiger partial charge in [-0.1, -0.05) is 25.1 Å². The minimum Gasteiger partial charge on any atom is -0.493 e. The van der Waals surface area contributed by atoms with Gasteiger partial charge in [0, 0.05) is 25.6 Å². The lowest BCUT2D eigenvalue weighted by Crippen LogP contribution is -2.37. The number of aromatic nitrogens is 1. The molecular formula is C21H31F2IN4O3. The molecule has 0 aliphatic heterocycles. The Labute approximate surface area is 199 Å². The van der Waals surface area contributed by atoms with E-state index in [9.17, 15) is 8.78 Å². The zero-order valence-corrected chi connectivity index (χ0v) is 20.6. The van der Waals surface area contributed by atoms with E-state index in [0.29, 0.717) is 31.4 Å². The van der Waals surface area contributed by atoms with Crippen LogP contribution in [0, 0.1) is 0 Å². The van der Waals surface area contributed by atoms with Gasteiger partial charge in [-0.2, -0.15) is 8.78 Å². The molecule has 0 spiro atoms. The van der Waals surface area contributed by atoms with Crippen LogP contribution in [0.3, 0.4) is 0 Å². The number of alkyl halides is 2. The van der Waals surface area contributed by atoms with E-state index in [1.54, 1.807) is 19.2 Å². The number of nitrogens with zero attached hydrogens (tertiary/aromatic N) is 2. The summed E-state index contributed by atoms with van der Waals surface area (Å²) in [5, 5.41) is 10.5. The van der Waals surface area contributed by atoms with Crippen LogP contribution < -0.4 is 20.1 Å². The molecule has 2 N–H and O–H groups in total. The fraction of sp³-hybridized carbons (Fsp3) is 0.524. The molecule has 31 heavy (non-hydrogen) atoms. The molecule has 1 aromatic carbocycles. The van der Waals surface area contributed by atoms with Gasteiger partial charge in [0.1, 0.15) is 0 Å². The molecule has 0 atom stereocenters. The first-order chi connectivity index (χ1) is 14.5. The van der Waals surface area contributed by atoms with Crippen molar-refractivity contribution in [1.82, 2.24) is 15.8 Å². The first kappa shape index (κ1) is 26.9. The van der Waals surface area contributed by atoms with Gasteiger partial charge in [-0.15, -0.1) is 24.0 Å². The van der Waals surface area contributed by atoms with Gasteiger partial charge in [-0.3, -0.25) is 4.99 Å². The van der Waals surface area contributed by atoms with Gasteiger partial charge in [0.15, 0.2) is 23.2 Å². The summed E-state index contributed by atoms with van der Waals surface area (Å²) in [6.45, 7) is 2.38. The van der Waals surface area contributed by atoms with Crippen molar-refractivity contribution in [3.63, 3.8) is 0 Å². The average molecular weight is 552 g/mol. The average Bonchev–Trinajstić information content (AvgIpc) is 3.20. The van der Waals surface area contributed by atoms with Crippen molar-refractivity contribution in [3.05, 3.63) is 41.3 Å². The fourth-order valence-corrected chi connectivity index (χ4v) is 3.09. The highest BCUT2D eigenvalue weighted by molar-refractivity contribution is 14.0. The first-order valence-corrected chi connectivity index (χ1v) is 10.0. The zero-order chi connectivity index (χ0) is 21.9. The first-order valence-electron chi connectivity index (χ1n) is 10.0. The van der Waals surface area contributed by atoms with Crippen molar-refractivity contribution in [3.8, 4) is 11.5 Å². The number of guanidine groups is 1. The van der Waals surface area contributed by atoms with E-state index < -0.39 is 6.61 Å². The Hall–Kier alpha value is -2.11. The van der Waals surface area contributed by atoms with Crippen LogP contribution in [0.15, 0.2) is 33.8 Å². The van der Waals surface area contributed by atoms with Crippen LogP contribution in [-0.4, -0.2) is 38.4 Å². The second-order valence-electron chi connectivity index (χ2n) is 6.70. The molecule has 0 aliphatic carbocycles. The Morgan fingerprint density at radius 1 is 1.16 bits per heavy atom. The molecule has 10 heteroatoms. The van der Waals surface area contributed by atoms with Crippen LogP contribution in [0.25, 0.3) is 0 Å². The lowest BCUT2D eigenvalue weighted by molar-refractivity contribution is -0.0512. The van der Waals surface area contributed by atoms with Crippen molar-refractivity contribution < 1.29 is 22.8 Å². The molecule has 0 aliphatic rings. The largest absolute Gasteiger partial charge is 0.493 e. The smallest absolute Gasteiger partial charge is 0.387 e. The van der Waals surface area contributed by atoms with Gasteiger partial charge in [-0.25, -0.2) is 0 Å². The van der Waals surface area contributed by atoms with Crippen molar-refractivity contribution in [2.75, 3.05) is 20.7 Å². The summed E-state index contributed by atoms with van der Waals surface area (Å²) in [5.74, 6) is 2.04. The standard InChI is InChI=1S/C21H30F2N4O3.HI/c1-5-15(6-2)17-12-16(30-27-17)13-26-21(24-3)25-10-9-14-7-8-18(28-4)19(11-14)29-20(22)23;/h7-8,11-12,15,20H,5-6,9-10,13H2,1-4H3,(H2,24,25,26);1H. The third-order valence-corrected chi connectivity index (χ3v) is 4.78. The molecule has 174 valence electrons. The molecule has 0 bridgehead atoms. The highest BCUT2D eigenvalue weighted by atomic mass is 127. The highest BCUT2D eigenvalue weighted by Crippen LogP contribution is 2.29. The summed E-state index contributed by atoms with van der Waals surface area (Å²) in [7, 11) is 3.08. The van der Waals surface area contributed by atoms with E-state index in [-0.39, 0.29) is 35.5 Å². The zero-order valence-electron chi connectivity index (χ0n) is 18.3. The number of aliphatic imine (C=N–C) groups is 1.